The van der Waals surface area contributed by atoms with Gasteiger partial charge in [0.05, 0.1) is 28.9 Å². The number of methoxy groups -OCH3 is 1. The Morgan fingerprint density at radius 1 is 1.20 bits per heavy atom. The molecule has 0 saturated heterocycles. The minimum Gasteiger partial charge on any atom is -0.384 e. The van der Waals surface area contributed by atoms with E-state index in [2.05, 4.69) is 32.5 Å². The van der Waals surface area contributed by atoms with Crippen molar-refractivity contribution in [3.05, 3.63) is 58.2 Å². The predicted octanol–water partition coefficient (Wildman–Crippen LogP) is 4.15. The Labute approximate surface area is 178 Å². The first-order chi connectivity index (χ1) is 14.5. The van der Waals surface area contributed by atoms with E-state index in [1.807, 2.05) is 38.4 Å². The number of amides is 1. The van der Waals surface area contributed by atoms with Crippen molar-refractivity contribution >= 4 is 33.4 Å². The highest BCUT2D eigenvalue weighted by Gasteiger charge is 2.19. The van der Waals surface area contributed by atoms with E-state index in [0.29, 0.717) is 22.9 Å². The second-order valence-corrected chi connectivity index (χ2v) is 8.01. The first-order valence-corrected chi connectivity index (χ1v) is 10.5. The van der Waals surface area contributed by atoms with Gasteiger partial charge in [-0.2, -0.15) is 5.10 Å². The van der Waals surface area contributed by atoms with Gasteiger partial charge in [-0.05, 0) is 31.9 Å². The van der Waals surface area contributed by atoms with E-state index in [0.717, 1.165) is 34.5 Å². The maximum atomic E-state index is 13.0. The van der Waals surface area contributed by atoms with E-state index in [1.54, 1.807) is 17.9 Å². The van der Waals surface area contributed by atoms with Gasteiger partial charge in [0.1, 0.15) is 0 Å². The number of anilines is 1. The SMILES string of the molecule is COCCc1ccc(-c2csc(NC(=O)c3cc(C)nc4c3c(C)nn4C)n2)cc1. The first-order valence-electron chi connectivity index (χ1n) is 9.62. The largest absolute Gasteiger partial charge is 0.384 e. The zero-order valence-electron chi connectivity index (χ0n) is 17.4. The van der Waals surface area contributed by atoms with Crippen LogP contribution in [0.25, 0.3) is 22.3 Å². The summed E-state index contributed by atoms with van der Waals surface area (Å²) in [5.41, 5.74) is 5.87. The lowest BCUT2D eigenvalue weighted by Crippen LogP contribution is -2.13. The van der Waals surface area contributed by atoms with Crippen LogP contribution in [-0.2, 0) is 18.2 Å². The fraction of sp³-hybridized carbons (Fsp3) is 0.273. The number of aromatic nitrogens is 4. The van der Waals surface area contributed by atoms with Crippen LogP contribution < -0.4 is 5.32 Å². The quantitative estimate of drug-likeness (QED) is 0.506. The predicted molar refractivity (Wildman–Crippen MR) is 119 cm³/mol. The molecule has 3 heterocycles. The number of benzene rings is 1. The molecule has 7 nitrogen and oxygen atoms in total. The standard InChI is InChI=1S/C22H23N5O2S/c1-13-11-17(19-14(2)26-27(3)20(19)23-13)21(28)25-22-24-18(12-30-22)16-7-5-15(6-8-16)9-10-29-4/h5-8,11-12H,9-10H2,1-4H3,(H,24,25,28). The molecule has 0 fully saturated rings. The smallest absolute Gasteiger partial charge is 0.258 e. The highest BCUT2D eigenvalue weighted by atomic mass is 32.1. The zero-order chi connectivity index (χ0) is 21.3. The van der Waals surface area contributed by atoms with E-state index >= 15 is 0 Å². The van der Waals surface area contributed by atoms with Crippen molar-refractivity contribution in [2.24, 2.45) is 7.05 Å². The molecule has 154 valence electrons. The number of fused-ring (bicyclic) bond motifs is 1. The van der Waals surface area contributed by atoms with Gasteiger partial charge in [-0.15, -0.1) is 11.3 Å². The molecular formula is C22H23N5O2S. The lowest BCUT2D eigenvalue weighted by atomic mass is 10.1. The number of carbonyl (C=O) groups excluding carboxylic acids is 1. The van der Waals surface area contributed by atoms with Gasteiger partial charge in [-0.3, -0.25) is 14.8 Å². The maximum absolute atomic E-state index is 13.0. The number of thiazole rings is 1. The van der Waals surface area contributed by atoms with Crippen LogP contribution in [-0.4, -0.2) is 39.4 Å². The van der Waals surface area contributed by atoms with Crippen LogP contribution in [0.2, 0.25) is 0 Å². The fourth-order valence-corrected chi connectivity index (χ4v) is 4.15. The summed E-state index contributed by atoms with van der Waals surface area (Å²) in [6, 6.07) is 10.0. The molecule has 0 aliphatic rings. The van der Waals surface area contributed by atoms with Crippen molar-refractivity contribution in [2.75, 3.05) is 19.0 Å². The van der Waals surface area contributed by atoms with Crippen molar-refractivity contribution < 1.29 is 9.53 Å². The Bertz CT molecular complexity index is 1210. The molecule has 1 N–H and O–H groups in total. The van der Waals surface area contributed by atoms with Gasteiger partial charge in [0.25, 0.3) is 5.91 Å². The van der Waals surface area contributed by atoms with Gasteiger partial charge in [0, 0.05) is 30.8 Å². The lowest BCUT2D eigenvalue weighted by molar-refractivity contribution is 0.102. The van der Waals surface area contributed by atoms with Gasteiger partial charge in [-0.25, -0.2) is 9.97 Å². The topological polar surface area (TPSA) is 81.9 Å². The summed E-state index contributed by atoms with van der Waals surface area (Å²) in [5.74, 6) is -0.211. The molecule has 0 saturated carbocycles. The van der Waals surface area contributed by atoms with Crippen molar-refractivity contribution in [3.8, 4) is 11.3 Å². The van der Waals surface area contributed by atoms with Gasteiger partial charge in [-0.1, -0.05) is 24.3 Å². The molecule has 1 amide bonds. The van der Waals surface area contributed by atoms with E-state index in [1.165, 1.54) is 16.9 Å². The van der Waals surface area contributed by atoms with Crippen LogP contribution in [0, 0.1) is 13.8 Å². The Morgan fingerprint density at radius 2 is 1.97 bits per heavy atom. The molecule has 0 bridgehead atoms. The molecular weight excluding hydrogens is 398 g/mol. The molecule has 0 spiro atoms. The molecule has 0 aliphatic carbocycles. The molecule has 3 aromatic heterocycles. The Kier molecular flexibility index (Phi) is 5.61. The number of nitrogens with zero attached hydrogens (tertiary/aromatic N) is 4. The monoisotopic (exact) mass is 421 g/mol. The van der Waals surface area contributed by atoms with E-state index < -0.39 is 0 Å². The number of hydrogen-bond acceptors (Lipinski definition) is 6. The maximum Gasteiger partial charge on any atom is 0.258 e. The third kappa shape index (κ3) is 3.96. The van der Waals surface area contributed by atoms with Crippen LogP contribution in [0.3, 0.4) is 0 Å². The zero-order valence-corrected chi connectivity index (χ0v) is 18.2. The molecule has 0 aliphatic heterocycles. The summed E-state index contributed by atoms with van der Waals surface area (Å²) >= 11 is 1.40. The fourth-order valence-electron chi connectivity index (χ4n) is 3.44. The highest BCUT2D eigenvalue weighted by molar-refractivity contribution is 7.14. The Morgan fingerprint density at radius 3 is 2.70 bits per heavy atom. The number of nitrogens with one attached hydrogen (secondary N) is 1. The number of ether oxygens (including phenoxy) is 1. The highest BCUT2D eigenvalue weighted by Crippen LogP contribution is 2.27. The van der Waals surface area contributed by atoms with Gasteiger partial charge >= 0.3 is 0 Å². The number of hydrogen-bond donors (Lipinski definition) is 1. The molecule has 0 radical (unpaired) electrons. The average molecular weight is 422 g/mol. The van der Waals surface area contributed by atoms with E-state index in [4.69, 9.17) is 4.74 Å². The average Bonchev–Trinajstić information content (AvgIpc) is 3.30. The Balaban J connectivity index is 1.56. The van der Waals surface area contributed by atoms with Gasteiger partial charge in [0.15, 0.2) is 10.8 Å². The number of carbonyl (C=O) groups is 1. The third-order valence-corrected chi connectivity index (χ3v) is 5.67. The number of aryl methyl sites for hydroxylation is 3. The summed E-state index contributed by atoms with van der Waals surface area (Å²) in [6.07, 6.45) is 0.878. The summed E-state index contributed by atoms with van der Waals surface area (Å²) in [6.45, 7) is 4.45. The van der Waals surface area contributed by atoms with Crippen LogP contribution in [0.5, 0.6) is 0 Å². The molecule has 8 heteroatoms. The molecule has 1 aromatic carbocycles. The summed E-state index contributed by atoms with van der Waals surface area (Å²) < 4.78 is 6.82. The van der Waals surface area contributed by atoms with Crippen LogP contribution in [0.1, 0.15) is 27.3 Å². The molecule has 0 unspecified atom stereocenters. The summed E-state index contributed by atoms with van der Waals surface area (Å²) in [7, 11) is 3.53. The first kappa shape index (κ1) is 20.2. The van der Waals surface area contributed by atoms with Crippen LogP contribution in [0.15, 0.2) is 35.7 Å². The van der Waals surface area contributed by atoms with Crippen molar-refractivity contribution in [2.45, 2.75) is 20.3 Å². The molecule has 30 heavy (non-hydrogen) atoms. The van der Waals surface area contributed by atoms with Crippen molar-refractivity contribution in [1.29, 1.82) is 0 Å². The van der Waals surface area contributed by atoms with Crippen molar-refractivity contribution in [1.82, 2.24) is 19.7 Å². The third-order valence-electron chi connectivity index (χ3n) is 4.91. The Hall–Kier alpha value is -3.10. The number of pyridine rings is 1. The molecule has 4 aromatic rings. The van der Waals surface area contributed by atoms with Gasteiger partial charge < -0.3 is 4.74 Å². The molecule has 0 atom stereocenters. The van der Waals surface area contributed by atoms with Crippen molar-refractivity contribution in [3.63, 3.8) is 0 Å². The molecule has 4 rings (SSSR count). The minimum atomic E-state index is -0.211. The normalized spacial score (nSPS) is 11.2. The second-order valence-electron chi connectivity index (χ2n) is 7.15. The van der Waals surface area contributed by atoms with E-state index in [9.17, 15) is 4.79 Å². The minimum absolute atomic E-state index is 0.211. The number of rotatable bonds is 6. The summed E-state index contributed by atoms with van der Waals surface area (Å²) in [4.78, 5) is 22.1. The van der Waals surface area contributed by atoms with Crippen LogP contribution >= 0.6 is 11.3 Å². The second kappa shape index (κ2) is 8.33. The van der Waals surface area contributed by atoms with Gasteiger partial charge in [0.2, 0.25) is 0 Å². The lowest BCUT2D eigenvalue weighted by Gasteiger charge is -2.06. The van der Waals surface area contributed by atoms with E-state index in [-0.39, 0.29) is 5.91 Å². The summed E-state index contributed by atoms with van der Waals surface area (Å²) in [5, 5.41) is 10.6. The van der Waals surface area contributed by atoms with Crippen LogP contribution in [0.4, 0.5) is 5.13 Å².